The predicted molar refractivity (Wildman–Crippen MR) is 127 cm³/mol. The molecule has 0 aliphatic carbocycles. The number of rotatable bonds is 12. The lowest BCUT2D eigenvalue weighted by atomic mass is 9.70. The van der Waals surface area contributed by atoms with Gasteiger partial charge in [0.25, 0.3) is 0 Å². The number of aliphatic hydroxyl groups excluding tert-OH is 1. The molecule has 3 saturated heterocycles. The van der Waals surface area contributed by atoms with Crippen molar-refractivity contribution in [1.82, 2.24) is 9.80 Å². The van der Waals surface area contributed by atoms with Crippen LogP contribution in [-0.4, -0.2) is 87.6 Å². The molecule has 184 valence electrons. The van der Waals surface area contributed by atoms with Gasteiger partial charge in [0.2, 0.25) is 11.8 Å². The van der Waals surface area contributed by atoms with Crippen LogP contribution in [0.2, 0.25) is 0 Å². The van der Waals surface area contributed by atoms with Gasteiger partial charge in [-0.2, -0.15) is 0 Å². The quantitative estimate of drug-likeness (QED) is 0.237. The minimum absolute atomic E-state index is 0.0428. The number of hydrogen-bond donors (Lipinski definition) is 1. The smallest absolute Gasteiger partial charge is 0.312 e. The molecule has 8 nitrogen and oxygen atoms in total. The molecular weight excluding hydrogens is 492 g/mol. The molecule has 0 aromatic rings. The average molecular weight is 527 g/mol. The van der Waals surface area contributed by atoms with Crippen molar-refractivity contribution in [3.63, 3.8) is 0 Å². The van der Waals surface area contributed by atoms with Crippen LogP contribution in [0.1, 0.15) is 39.5 Å². The van der Waals surface area contributed by atoms with Crippen molar-refractivity contribution in [3.05, 3.63) is 25.3 Å². The lowest BCUT2D eigenvalue weighted by Gasteiger charge is -2.39. The van der Waals surface area contributed by atoms with Crippen molar-refractivity contribution in [3.8, 4) is 0 Å². The van der Waals surface area contributed by atoms with Crippen molar-refractivity contribution in [1.29, 1.82) is 0 Å². The SMILES string of the molecule is C=CCOC(=O)[C@H]1[C@@H]2OC3(CC2Br)C(C(=O)N(CC=C)C(C)CCC)N(CCCO)C(=O)[C@H]13. The molecule has 7 atom stereocenters. The van der Waals surface area contributed by atoms with E-state index in [0.29, 0.717) is 19.4 Å². The molecular formula is C24H35BrN2O6. The molecule has 3 aliphatic rings. The van der Waals surface area contributed by atoms with Gasteiger partial charge in [-0.15, -0.1) is 6.58 Å². The highest BCUT2D eigenvalue weighted by Gasteiger charge is 2.77. The van der Waals surface area contributed by atoms with Crippen LogP contribution < -0.4 is 0 Å². The fraction of sp³-hybridized carbons (Fsp3) is 0.708. The van der Waals surface area contributed by atoms with Gasteiger partial charge < -0.3 is 24.4 Å². The molecule has 9 heteroatoms. The first-order valence-corrected chi connectivity index (χ1v) is 12.6. The number of amides is 2. The lowest BCUT2D eigenvalue weighted by molar-refractivity contribution is -0.154. The number of likely N-dealkylation sites (tertiary alicyclic amines) is 1. The number of ether oxygens (including phenoxy) is 2. The molecule has 0 aromatic carbocycles. The Bertz CT molecular complexity index is 791. The lowest BCUT2D eigenvalue weighted by Crippen LogP contribution is -2.58. The zero-order valence-electron chi connectivity index (χ0n) is 19.5. The van der Waals surface area contributed by atoms with E-state index in [9.17, 15) is 19.5 Å². The molecule has 33 heavy (non-hydrogen) atoms. The third-order valence-electron chi connectivity index (χ3n) is 7.04. The fourth-order valence-corrected chi connectivity index (χ4v) is 6.70. The Balaban J connectivity index is 2.03. The topological polar surface area (TPSA) is 96.4 Å². The number of fused-ring (bicyclic) bond motifs is 1. The van der Waals surface area contributed by atoms with Crippen LogP contribution in [0.5, 0.6) is 0 Å². The third-order valence-corrected chi connectivity index (χ3v) is 7.89. The van der Waals surface area contributed by atoms with Crippen molar-refractivity contribution in [2.45, 2.75) is 68.1 Å². The average Bonchev–Trinajstić information content (AvgIpc) is 3.37. The van der Waals surface area contributed by atoms with Crippen LogP contribution in [-0.2, 0) is 23.9 Å². The number of carbonyl (C=O) groups excluding carboxylic acids is 3. The second-order valence-electron chi connectivity index (χ2n) is 9.11. The maximum Gasteiger partial charge on any atom is 0.312 e. The highest BCUT2D eigenvalue weighted by molar-refractivity contribution is 9.09. The van der Waals surface area contributed by atoms with E-state index in [1.165, 1.54) is 11.0 Å². The molecule has 4 unspecified atom stereocenters. The molecule has 0 aromatic heterocycles. The molecule has 2 bridgehead atoms. The molecule has 2 amide bonds. The second-order valence-corrected chi connectivity index (χ2v) is 10.3. The number of nitrogens with zero attached hydrogens (tertiary/aromatic N) is 2. The molecule has 3 rings (SSSR count). The van der Waals surface area contributed by atoms with Crippen LogP contribution in [0.3, 0.4) is 0 Å². The van der Waals surface area contributed by atoms with Crippen molar-refractivity contribution in [2.75, 3.05) is 26.3 Å². The summed E-state index contributed by atoms with van der Waals surface area (Å²) in [6.45, 7) is 11.9. The second kappa shape index (κ2) is 10.7. The van der Waals surface area contributed by atoms with Gasteiger partial charge in [0.1, 0.15) is 18.2 Å². The summed E-state index contributed by atoms with van der Waals surface area (Å²) in [6, 6.07) is -0.916. The van der Waals surface area contributed by atoms with Crippen LogP contribution in [0.4, 0.5) is 0 Å². The fourth-order valence-electron chi connectivity index (χ4n) is 5.75. The summed E-state index contributed by atoms with van der Waals surface area (Å²) in [5.41, 5.74) is -1.12. The first-order valence-electron chi connectivity index (χ1n) is 11.7. The van der Waals surface area contributed by atoms with E-state index in [4.69, 9.17) is 9.47 Å². The third kappa shape index (κ3) is 4.39. The Kier molecular flexibility index (Phi) is 8.40. The normalized spacial score (nSPS) is 33.0. The van der Waals surface area contributed by atoms with Gasteiger partial charge in [-0.05, 0) is 26.2 Å². The number of carbonyl (C=O) groups is 3. The summed E-state index contributed by atoms with van der Waals surface area (Å²) < 4.78 is 11.7. The number of halogens is 1. The van der Waals surface area contributed by atoms with Gasteiger partial charge in [-0.25, -0.2) is 0 Å². The summed E-state index contributed by atoms with van der Waals surface area (Å²) in [5.74, 6) is -2.60. The van der Waals surface area contributed by atoms with E-state index in [1.807, 2.05) is 6.92 Å². The highest BCUT2D eigenvalue weighted by Crippen LogP contribution is 2.60. The molecule has 0 radical (unpaired) electrons. The summed E-state index contributed by atoms with van der Waals surface area (Å²) in [4.78, 5) is 43.8. The number of hydrogen-bond acceptors (Lipinski definition) is 6. The van der Waals surface area contributed by atoms with Gasteiger partial charge >= 0.3 is 5.97 Å². The van der Waals surface area contributed by atoms with Crippen LogP contribution in [0.15, 0.2) is 25.3 Å². The first-order chi connectivity index (χ1) is 15.8. The van der Waals surface area contributed by atoms with E-state index in [-0.39, 0.29) is 42.4 Å². The van der Waals surface area contributed by atoms with Crippen LogP contribution >= 0.6 is 15.9 Å². The number of aliphatic hydroxyl groups is 1. The van der Waals surface area contributed by atoms with Gasteiger partial charge in [-0.1, -0.05) is 48.0 Å². The van der Waals surface area contributed by atoms with Gasteiger partial charge in [0.05, 0.1) is 17.9 Å². The minimum Gasteiger partial charge on any atom is -0.461 e. The summed E-state index contributed by atoms with van der Waals surface area (Å²) >= 11 is 3.63. The van der Waals surface area contributed by atoms with E-state index >= 15 is 0 Å². The van der Waals surface area contributed by atoms with Crippen molar-refractivity contribution >= 4 is 33.7 Å². The number of esters is 1. The van der Waals surface area contributed by atoms with Gasteiger partial charge in [-0.3, -0.25) is 14.4 Å². The Morgan fingerprint density at radius 2 is 2.15 bits per heavy atom. The van der Waals surface area contributed by atoms with Crippen LogP contribution in [0.25, 0.3) is 0 Å². The van der Waals surface area contributed by atoms with E-state index in [0.717, 1.165) is 12.8 Å². The molecule has 1 spiro atoms. The largest absolute Gasteiger partial charge is 0.461 e. The standard InChI is InChI=1S/C24H35BrN2O6/c1-5-9-15(4)26(10-6-2)22(30)20-24-14-16(25)19(33-24)17(23(31)32-13-7-3)18(24)21(29)27(20)11-8-12-28/h6-7,15-20,28H,2-3,5,8-14H2,1,4H3/t15?,16?,17-,18+,19-,20?,24?/m1/s1. The van der Waals surface area contributed by atoms with E-state index in [2.05, 4.69) is 36.0 Å². The molecule has 1 N–H and O–H groups in total. The Labute approximate surface area is 204 Å². The van der Waals surface area contributed by atoms with Crippen molar-refractivity contribution in [2.24, 2.45) is 11.8 Å². The zero-order valence-corrected chi connectivity index (χ0v) is 21.0. The minimum atomic E-state index is -1.12. The Morgan fingerprint density at radius 3 is 2.76 bits per heavy atom. The monoisotopic (exact) mass is 526 g/mol. The van der Waals surface area contributed by atoms with Gasteiger partial charge in [0.15, 0.2) is 0 Å². The number of alkyl halides is 1. The first kappa shape index (κ1) is 25.9. The molecule has 3 aliphatic heterocycles. The van der Waals surface area contributed by atoms with E-state index in [1.54, 1.807) is 11.0 Å². The summed E-state index contributed by atoms with van der Waals surface area (Å²) in [7, 11) is 0. The Morgan fingerprint density at radius 1 is 1.42 bits per heavy atom. The molecule has 3 fully saturated rings. The summed E-state index contributed by atoms with van der Waals surface area (Å²) in [6.07, 6.45) is 5.11. The zero-order chi connectivity index (χ0) is 24.3. The summed E-state index contributed by atoms with van der Waals surface area (Å²) in [5, 5.41) is 9.43. The predicted octanol–water partition coefficient (Wildman–Crippen LogP) is 2.05. The van der Waals surface area contributed by atoms with Gasteiger partial charge in [0, 0.05) is 30.6 Å². The highest BCUT2D eigenvalue weighted by atomic mass is 79.9. The van der Waals surface area contributed by atoms with E-state index < -0.39 is 35.6 Å². The maximum atomic E-state index is 14.0. The van der Waals surface area contributed by atoms with Crippen molar-refractivity contribution < 1.29 is 29.0 Å². The van der Waals surface area contributed by atoms with Crippen LogP contribution in [0, 0.1) is 11.8 Å². The molecule has 3 heterocycles. The molecule has 0 saturated carbocycles. The maximum absolute atomic E-state index is 14.0. The Hall–Kier alpha value is -1.71.